The monoisotopic (exact) mass is 279 g/mol. The van der Waals surface area contributed by atoms with Gasteiger partial charge in [0, 0.05) is 0 Å². The molecule has 0 aromatic carbocycles. The van der Waals surface area contributed by atoms with Gasteiger partial charge >= 0.3 is 0 Å². The van der Waals surface area contributed by atoms with Gasteiger partial charge in [0.2, 0.25) is 0 Å². The van der Waals surface area contributed by atoms with Gasteiger partial charge in [0.05, 0.1) is 0 Å². The normalized spacial score (nSPS) is 26.9. The van der Waals surface area contributed by atoms with E-state index in [-0.39, 0.29) is 0 Å². The van der Waals surface area contributed by atoms with Crippen LogP contribution in [0.5, 0.6) is 0 Å². The van der Waals surface area contributed by atoms with Gasteiger partial charge in [0.1, 0.15) is 0 Å². The lowest BCUT2D eigenvalue weighted by molar-refractivity contribution is 0.159. The van der Waals surface area contributed by atoms with Crippen molar-refractivity contribution < 1.29 is 0 Å². The zero-order chi connectivity index (χ0) is 15.0. The third-order valence-electron chi connectivity index (χ3n) is 4.85. The van der Waals surface area contributed by atoms with E-state index < -0.39 is 0 Å². The van der Waals surface area contributed by atoms with Gasteiger partial charge < -0.3 is 5.32 Å². The van der Waals surface area contributed by atoms with Gasteiger partial charge in [-0.05, 0) is 69.4 Å². The average Bonchev–Trinajstić information content (AvgIpc) is 2.38. The standard InChI is InChI=1S/C19H37N/c1-6-7-17-9-11-19(14-20-13-16(4)5)18(12-17)10-8-15(2)3/h16-20H,2,6-14H2,1,3-5H3. The molecule has 1 aliphatic rings. The fourth-order valence-corrected chi connectivity index (χ4v) is 3.71. The van der Waals surface area contributed by atoms with E-state index in [1.807, 2.05) is 0 Å². The molecule has 1 nitrogen and oxygen atoms in total. The van der Waals surface area contributed by atoms with E-state index in [1.54, 1.807) is 0 Å². The van der Waals surface area contributed by atoms with E-state index >= 15 is 0 Å². The van der Waals surface area contributed by atoms with Crippen LogP contribution < -0.4 is 5.32 Å². The minimum Gasteiger partial charge on any atom is -0.316 e. The molecule has 118 valence electrons. The van der Waals surface area contributed by atoms with Gasteiger partial charge in [-0.1, -0.05) is 45.6 Å². The Morgan fingerprint density at radius 1 is 1.20 bits per heavy atom. The molecule has 1 saturated carbocycles. The van der Waals surface area contributed by atoms with Crippen LogP contribution in [0.1, 0.15) is 72.6 Å². The van der Waals surface area contributed by atoms with Crippen molar-refractivity contribution in [2.24, 2.45) is 23.7 Å². The first-order chi connectivity index (χ1) is 9.52. The van der Waals surface area contributed by atoms with Crippen molar-refractivity contribution in [3.05, 3.63) is 12.2 Å². The van der Waals surface area contributed by atoms with Crippen molar-refractivity contribution in [1.82, 2.24) is 5.32 Å². The predicted molar refractivity (Wildman–Crippen MR) is 91.0 cm³/mol. The van der Waals surface area contributed by atoms with Crippen molar-refractivity contribution in [2.75, 3.05) is 13.1 Å². The highest BCUT2D eigenvalue weighted by atomic mass is 14.9. The second kappa shape index (κ2) is 9.60. The largest absolute Gasteiger partial charge is 0.316 e. The molecular weight excluding hydrogens is 242 g/mol. The molecule has 20 heavy (non-hydrogen) atoms. The minimum absolute atomic E-state index is 0.764. The molecule has 0 heterocycles. The Bertz CT molecular complexity index is 269. The van der Waals surface area contributed by atoms with Gasteiger partial charge in [0.25, 0.3) is 0 Å². The quantitative estimate of drug-likeness (QED) is 0.556. The fraction of sp³-hybridized carbons (Fsp3) is 0.895. The summed E-state index contributed by atoms with van der Waals surface area (Å²) < 4.78 is 0. The van der Waals surface area contributed by atoms with Crippen molar-refractivity contribution >= 4 is 0 Å². The Morgan fingerprint density at radius 3 is 2.55 bits per heavy atom. The number of allylic oxidation sites excluding steroid dienone is 1. The van der Waals surface area contributed by atoms with E-state index in [4.69, 9.17) is 0 Å². The highest BCUT2D eigenvalue weighted by Gasteiger charge is 2.29. The first-order valence-electron chi connectivity index (χ1n) is 8.88. The molecular formula is C19H37N. The molecule has 0 aromatic rings. The van der Waals surface area contributed by atoms with Gasteiger partial charge in [-0.3, -0.25) is 0 Å². The molecule has 1 aliphatic carbocycles. The zero-order valence-corrected chi connectivity index (χ0v) is 14.4. The predicted octanol–water partition coefficient (Wildman–Crippen LogP) is 5.42. The summed E-state index contributed by atoms with van der Waals surface area (Å²) >= 11 is 0. The Labute approximate surface area is 127 Å². The van der Waals surface area contributed by atoms with Crippen LogP contribution in [0.25, 0.3) is 0 Å². The molecule has 0 bridgehead atoms. The van der Waals surface area contributed by atoms with Crippen molar-refractivity contribution in [2.45, 2.75) is 72.6 Å². The Morgan fingerprint density at radius 2 is 1.95 bits per heavy atom. The molecule has 1 rings (SSSR count). The van der Waals surface area contributed by atoms with Crippen LogP contribution in [0, 0.1) is 23.7 Å². The van der Waals surface area contributed by atoms with Gasteiger partial charge in [-0.15, -0.1) is 6.58 Å². The van der Waals surface area contributed by atoms with E-state index in [1.165, 1.54) is 63.6 Å². The van der Waals surface area contributed by atoms with Gasteiger partial charge in [-0.25, -0.2) is 0 Å². The summed E-state index contributed by atoms with van der Waals surface area (Å²) in [6.45, 7) is 15.6. The molecule has 0 spiro atoms. The highest BCUT2D eigenvalue weighted by Crippen LogP contribution is 2.38. The Hall–Kier alpha value is -0.300. The molecule has 1 N–H and O–H groups in total. The van der Waals surface area contributed by atoms with Crippen LogP contribution in [-0.2, 0) is 0 Å². The summed E-state index contributed by atoms with van der Waals surface area (Å²) in [5.74, 6) is 3.59. The summed E-state index contributed by atoms with van der Waals surface area (Å²) in [4.78, 5) is 0. The molecule has 0 saturated heterocycles. The van der Waals surface area contributed by atoms with Crippen molar-refractivity contribution in [3.63, 3.8) is 0 Å². The second-order valence-electron chi connectivity index (χ2n) is 7.54. The first-order valence-corrected chi connectivity index (χ1v) is 8.88. The van der Waals surface area contributed by atoms with Crippen LogP contribution in [0.2, 0.25) is 0 Å². The molecule has 0 aromatic heterocycles. The number of rotatable bonds is 9. The molecule has 0 aliphatic heterocycles. The van der Waals surface area contributed by atoms with Gasteiger partial charge in [-0.2, -0.15) is 0 Å². The van der Waals surface area contributed by atoms with Crippen molar-refractivity contribution in [1.29, 1.82) is 0 Å². The average molecular weight is 280 g/mol. The Kier molecular flexibility index (Phi) is 8.52. The third-order valence-corrected chi connectivity index (χ3v) is 4.85. The summed E-state index contributed by atoms with van der Waals surface area (Å²) in [5, 5.41) is 3.70. The molecule has 0 radical (unpaired) electrons. The maximum atomic E-state index is 4.09. The van der Waals surface area contributed by atoms with Crippen LogP contribution in [-0.4, -0.2) is 13.1 Å². The van der Waals surface area contributed by atoms with E-state index in [9.17, 15) is 0 Å². The van der Waals surface area contributed by atoms with Crippen molar-refractivity contribution in [3.8, 4) is 0 Å². The zero-order valence-electron chi connectivity index (χ0n) is 14.4. The molecule has 1 fully saturated rings. The van der Waals surface area contributed by atoms with Crippen LogP contribution in [0.3, 0.4) is 0 Å². The molecule has 0 amide bonds. The van der Waals surface area contributed by atoms with Crippen LogP contribution >= 0.6 is 0 Å². The minimum atomic E-state index is 0.764. The SMILES string of the molecule is C=C(C)CCC1CC(CCC)CCC1CNCC(C)C. The molecule has 3 atom stereocenters. The highest BCUT2D eigenvalue weighted by molar-refractivity contribution is 4.90. The summed E-state index contributed by atoms with van der Waals surface area (Å²) in [5.41, 5.74) is 1.36. The summed E-state index contributed by atoms with van der Waals surface area (Å²) in [6, 6.07) is 0. The topological polar surface area (TPSA) is 12.0 Å². The van der Waals surface area contributed by atoms with Crippen LogP contribution in [0.4, 0.5) is 0 Å². The maximum absolute atomic E-state index is 4.09. The first kappa shape index (κ1) is 17.8. The van der Waals surface area contributed by atoms with Crippen LogP contribution in [0.15, 0.2) is 12.2 Å². The number of nitrogens with one attached hydrogen (secondary N) is 1. The van der Waals surface area contributed by atoms with E-state index in [0.717, 1.165) is 23.7 Å². The third kappa shape index (κ3) is 6.92. The summed E-state index contributed by atoms with van der Waals surface area (Å²) in [6.07, 6.45) is 9.76. The fourth-order valence-electron chi connectivity index (χ4n) is 3.71. The maximum Gasteiger partial charge on any atom is -0.00178 e. The Balaban J connectivity index is 2.44. The second-order valence-corrected chi connectivity index (χ2v) is 7.54. The molecule has 3 unspecified atom stereocenters. The number of hydrogen-bond acceptors (Lipinski definition) is 1. The molecule has 1 heteroatoms. The lowest BCUT2D eigenvalue weighted by atomic mass is 9.71. The van der Waals surface area contributed by atoms with E-state index in [2.05, 4.69) is 39.6 Å². The number of hydrogen-bond donors (Lipinski definition) is 1. The van der Waals surface area contributed by atoms with E-state index in [0.29, 0.717) is 0 Å². The van der Waals surface area contributed by atoms with Gasteiger partial charge in [0.15, 0.2) is 0 Å². The smallest absolute Gasteiger partial charge is 0.00178 e. The lowest BCUT2D eigenvalue weighted by Crippen LogP contribution is -2.34. The lowest BCUT2D eigenvalue weighted by Gasteiger charge is -2.37. The summed E-state index contributed by atoms with van der Waals surface area (Å²) in [7, 11) is 0.